The van der Waals surface area contributed by atoms with Crippen LogP contribution in [0.2, 0.25) is 0 Å². The van der Waals surface area contributed by atoms with Crippen molar-refractivity contribution < 1.29 is 31.1 Å². The van der Waals surface area contributed by atoms with Crippen LogP contribution in [0.3, 0.4) is 0 Å². The molecule has 3 rings (SSSR count). The molecule has 10 heteroatoms. The normalized spacial score (nSPS) is 13.5. The number of nitrogens with one attached hydrogen (secondary N) is 2. The van der Waals surface area contributed by atoms with Gasteiger partial charge in [-0.2, -0.15) is 26.3 Å². The highest BCUT2D eigenvalue weighted by Gasteiger charge is 2.37. The van der Waals surface area contributed by atoms with Crippen molar-refractivity contribution >= 4 is 16.9 Å². The summed E-state index contributed by atoms with van der Waals surface area (Å²) < 4.78 is 77.6. The van der Waals surface area contributed by atoms with Crippen LogP contribution in [0.1, 0.15) is 40.3 Å². The van der Waals surface area contributed by atoms with Gasteiger partial charge in [0.15, 0.2) is 0 Å². The minimum absolute atomic E-state index is 0.0283. The molecule has 148 valence electrons. The number of halogens is 6. The number of para-hydroxylation sites is 2. The van der Waals surface area contributed by atoms with Crippen molar-refractivity contribution in [2.45, 2.75) is 25.3 Å². The van der Waals surface area contributed by atoms with Crippen LogP contribution in [0, 0.1) is 0 Å². The van der Waals surface area contributed by atoms with E-state index < -0.39 is 41.0 Å². The number of alkyl halides is 6. The van der Waals surface area contributed by atoms with Crippen molar-refractivity contribution in [2.24, 2.45) is 0 Å². The molecule has 1 aromatic heterocycles. The van der Waals surface area contributed by atoms with E-state index in [2.05, 4.69) is 15.3 Å². The first-order valence-electron chi connectivity index (χ1n) is 8.00. The monoisotopic (exact) mass is 401 g/mol. The molecular weight excluding hydrogens is 388 g/mol. The molecular formula is C18H13F6N3O. The Morgan fingerprint density at radius 2 is 1.57 bits per heavy atom. The largest absolute Gasteiger partial charge is 0.416 e. The molecule has 1 unspecified atom stereocenters. The number of fused-ring (bicyclic) bond motifs is 1. The summed E-state index contributed by atoms with van der Waals surface area (Å²) in [4.78, 5) is 19.5. The van der Waals surface area contributed by atoms with Crippen molar-refractivity contribution in [1.82, 2.24) is 15.3 Å². The number of amides is 1. The van der Waals surface area contributed by atoms with E-state index >= 15 is 0 Å². The van der Waals surface area contributed by atoms with Gasteiger partial charge in [-0.3, -0.25) is 4.79 Å². The first-order valence-corrected chi connectivity index (χ1v) is 8.00. The molecule has 0 aliphatic heterocycles. The van der Waals surface area contributed by atoms with Gasteiger partial charge in [0, 0.05) is 5.56 Å². The summed E-state index contributed by atoms with van der Waals surface area (Å²) in [5, 5.41) is 2.36. The van der Waals surface area contributed by atoms with Gasteiger partial charge < -0.3 is 10.3 Å². The Balaban J connectivity index is 1.90. The highest BCUT2D eigenvalue weighted by molar-refractivity contribution is 5.95. The van der Waals surface area contributed by atoms with E-state index in [-0.39, 0.29) is 6.07 Å². The molecule has 1 atom stereocenters. The van der Waals surface area contributed by atoms with Crippen LogP contribution in [0.4, 0.5) is 26.3 Å². The zero-order valence-corrected chi connectivity index (χ0v) is 14.2. The van der Waals surface area contributed by atoms with Gasteiger partial charge in [0.25, 0.3) is 5.91 Å². The quantitative estimate of drug-likeness (QED) is 0.601. The third kappa shape index (κ3) is 4.10. The number of aromatic amines is 1. The van der Waals surface area contributed by atoms with Crippen LogP contribution >= 0.6 is 0 Å². The van der Waals surface area contributed by atoms with Gasteiger partial charge in [-0.1, -0.05) is 12.1 Å². The predicted octanol–water partition coefficient (Wildman–Crippen LogP) is 5.09. The molecule has 0 saturated heterocycles. The van der Waals surface area contributed by atoms with Crippen molar-refractivity contribution in [1.29, 1.82) is 0 Å². The maximum atomic E-state index is 12.9. The van der Waals surface area contributed by atoms with Crippen molar-refractivity contribution in [2.75, 3.05) is 0 Å². The third-order valence-corrected chi connectivity index (χ3v) is 4.02. The zero-order chi connectivity index (χ0) is 20.7. The molecule has 0 bridgehead atoms. The first kappa shape index (κ1) is 19.7. The van der Waals surface area contributed by atoms with Gasteiger partial charge in [0.1, 0.15) is 5.82 Å². The Morgan fingerprint density at radius 1 is 1.00 bits per heavy atom. The topological polar surface area (TPSA) is 57.8 Å². The Bertz CT molecular complexity index is 957. The van der Waals surface area contributed by atoms with Gasteiger partial charge in [-0.25, -0.2) is 4.98 Å². The number of hydrogen-bond acceptors (Lipinski definition) is 2. The summed E-state index contributed by atoms with van der Waals surface area (Å²) in [7, 11) is 0. The minimum Gasteiger partial charge on any atom is -0.342 e. The standard InChI is InChI=1S/C18H13F6N3O/c1-9(15-26-13-4-2-3-5-14(13)27-15)25-16(28)10-6-11(17(19,20)21)8-12(7-10)18(22,23)24/h2-9H,1H3,(H,25,28)(H,26,27). The summed E-state index contributed by atoms with van der Waals surface area (Å²) in [6, 6.07) is 6.93. The van der Waals surface area contributed by atoms with E-state index in [0.717, 1.165) is 0 Å². The van der Waals surface area contributed by atoms with Gasteiger partial charge in [-0.15, -0.1) is 0 Å². The average Bonchev–Trinajstić information content (AvgIpc) is 3.04. The van der Waals surface area contributed by atoms with Crippen LogP contribution in [0.15, 0.2) is 42.5 Å². The summed E-state index contributed by atoms with van der Waals surface area (Å²) in [6.45, 7) is 1.51. The highest BCUT2D eigenvalue weighted by atomic mass is 19.4. The summed E-state index contributed by atoms with van der Waals surface area (Å²) in [5.41, 5.74) is -2.56. The van der Waals surface area contributed by atoms with Crippen molar-refractivity contribution in [3.05, 3.63) is 65.0 Å². The smallest absolute Gasteiger partial charge is 0.342 e. The fourth-order valence-electron chi connectivity index (χ4n) is 2.61. The lowest BCUT2D eigenvalue weighted by Gasteiger charge is -2.16. The lowest BCUT2D eigenvalue weighted by Crippen LogP contribution is -2.28. The number of H-pyrrole nitrogens is 1. The van der Waals surface area contributed by atoms with Crippen LogP contribution in [0.5, 0.6) is 0 Å². The Hall–Kier alpha value is -3.04. The molecule has 28 heavy (non-hydrogen) atoms. The second-order valence-corrected chi connectivity index (χ2v) is 6.13. The molecule has 0 fully saturated rings. The van der Waals surface area contributed by atoms with E-state index in [4.69, 9.17) is 0 Å². The molecule has 4 nitrogen and oxygen atoms in total. The number of rotatable bonds is 3. The second-order valence-electron chi connectivity index (χ2n) is 6.13. The molecule has 0 radical (unpaired) electrons. The zero-order valence-electron chi connectivity index (χ0n) is 14.2. The minimum atomic E-state index is -5.03. The number of nitrogens with zero attached hydrogens (tertiary/aromatic N) is 1. The van der Waals surface area contributed by atoms with Gasteiger partial charge in [0.2, 0.25) is 0 Å². The first-order chi connectivity index (χ1) is 12.9. The molecule has 2 aromatic carbocycles. The number of aromatic nitrogens is 2. The number of carbonyl (C=O) groups is 1. The Kier molecular flexibility index (Phi) is 4.82. The maximum Gasteiger partial charge on any atom is 0.416 e. The van der Waals surface area contributed by atoms with Crippen LogP contribution in [-0.2, 0) is 12.4 Å². The molecule has 0 aliphatic rings. The summed E-state index contributed by atoms with van der Waals surface area (Å²) in [5.74, 6) is -0.762. The molecule has 0 saturated carbocycles. The maximum absolute atomic E-state index is 12.9. The van der Waals surface area contributed by atoms with Gasteiger partial charge in [-0.05, 0) is 37.3 Å². The van der Waals surface area contributed by atoms with Gasteiger partial charge >= 0.3 is 12.4 Å². The Labute approximate surface area is 154 Å². The lowest BCUT2D eigenvalue weighted by molar-refractivity contribution is -0.143. The summed E-state index contributed by atoms with van der Waals surface area (Å²) >= 11 is 0. The van der Waals surface area contributed by atoms with Crippen LogP contribution < -0.4 is 5.32 Å². The molecule has 1 heterocycles. The SMILES string of the molecule is CC(NC(=O)c1cc(C(F)(F)F)cc(C(F)(F)F)c1)c1nc2ccccc2[nH]1. The predicted molar refractivity (Wildman–Crippen MR) is 88.4 cm³/mol. The number of benzene rings is 2. The third-order valence-electron chi connectivity index (χ3n) is 4.02. The average molecular weight is 401 g/mol. The van der Waals surface area contributed by atoms with E-state index in [1.54, 1.807) is 24.3 Å². The summed E-state index contributed by atoms with van der Waals surface area (Å²) in [6.07, 6.45) is -10.1. The molecule has 0 aliphatic carbocycles. The van der Waals surface area contributed by atoms with Crippen molar-refractivity contribution in [3.8, 4) is 0 Å². The number of carbonyl (C=O) groups excluding carboxylic acids is 1. The molecule has 3 aromatic rings. The van der Waals surface area contributed by atoms with Crippen LogP contribution in [-0.4, -0.2) is 15.9 Å². The fourth-order valence-corrected chi connectivity index (χ4v) is 2.61. The molecule has 1 amide bonds. The molecule has 2 N–H and O–H groups in total. The highest BCUT2D eigenvalue weighted by Crippen LogP contribution is 2.36. The number of imidazole rings is 1. The van der Waals surface area contributed by atoms with Gasteiger partial charge in [0.05, 0.1) is 28.2 Å². The van der Waals surface area contributed by atoms with E-state index in [9.17, 15) is 31.1 Å². The van der Waals surface area contributed by atoms with Crippen molar-refractivity contribution in [3.63, 3.8) is 0 Å². The van der Waals surface area contributed by atoms with Crippen LogP contribution in [0.25, 0.3) is 11.0 Å². The Morgan fingerprint density at radius 3 is 2.11 bits per heavy atom. The lowest BCUT2D eigenvalue weighted by atomic mass is 10.0. The van der Waals surface area contributed by atoms with E-state index in [1.165, 1.54) is 6.92 Å². The number of hydrogen-bond donors (Lipinski definition) is 2. The second kappa shape index (κ2) is 6.84. The fraction of sp³-hybridized carbons (Fsp3) is 0.222. The van der Waals surface area contributed by atoms with E-state index in [1.807, 2.05) is 0 Å². The van der Waals surface area contributed by atoms with E-state index in [0.29, 0.717) is 29.0 Å². The molecule has 0 spiro atoms.